The molecule has 0 unspecified atom stereocenters. The lowest BCUT2D eigenvalue weighted by Crippen LogP contribution is -2.50. The molecule has 4 heterocycles. The Morgan fingerprint density at radius 1 is 1.03 bits per heavy atom. The predicted molar refractivity (Wildman–Crippen MR) is 106 cm³/mol. The number of halogens is 4. The molecule has 11 heteroatoms. The highest BCUT2D eigenvalue weighted by molar-refractivity contribution is 6.30. The summed E-state index contributed by atoms with van der Waals surface area (Å²) in [5.41, 5.74) is 0.0868. The fraction of sp³-hybridized carbons (Fsp3) is 0.450. The molecule has 0 N–H and O–H groups in total. The lowest BCUT2D eigenvalue weighted by Gasteiger charge is -2.44. The smallest absolute Gasteiger partial charge is 0.255 e. The molecule has 2 saturated heterocycles. The lowest BCUT2D eigenvalue weighted by molar-refractivity contribution is -0.275. The van der Waals surface area contributed by atoms with Crippen LogP contribution in [0.25, 0.3) is 5.78 Å². The summed E-state index contributed by atoms with van der Waals surface area (Å²) in [7, 11) is 0. The number of rotatable bonds is 3. The first-order valence-electron chi connectivity index (χ1n) is 10.0. The van der Waals surface area contributed by atoms with Crippen LogP contribution in [0.15, 0.2) is 18.5 Å². The first kappa shape index (κ1) is 20.5. The van der Waals surface area contributed by atoms with Crippen LogP contribution in [0.2, 0.25) is 5.15 Å². The minimum atomic E-state index is -0.986. The molecular formula is C20H19ClF3N5O2. The van der Waals surface area contributed by atoms with Crippen LogP contribution in [0.3, 0.4) is 0 Å². The molecule has 1 spiro atoms. The molecule has 164 valence electrons. The van der Waals surface area contributed by atoms with E-state index in [0.717, 1.165) is 6.42 Å². The Morgan fingerprint density at radius 3 is 2.39 bits per heavy atom. The quantitative estimate of drug-likeness (QED) is 0.565. The van der Waals surface area contributed by atoms with E-state index in [2.05, 4.69) is 15.1 Å². The molecular weight excluding hydrogens is 435 g/mol. The van der Waals surface area contributed by atoms with Crippen LogP contribution in [-0.4, -0.2) is 51.7 Å². The van der Waals surface area contributed by atoms with Crippen LogP contribution in [0.4, 0.5) is 19.0 Å². The van der Waals surface area contributed by atoms with Crippen LogP contribution in [0.5, 0.6) is 0 Å². The van der Waals surface area contributed by atoms with Gasteiger partial charge in [-0.2, -0.15) is 19.6 Å². The van der Waals surface area contributed by atoms with Crippen molar-refractivity contribution in [3.63, 3.8) is 0 Å². The second kappa shape index (κ2) is 7.92. The van der Waals surface area contributed by atoms with E-state index in [4.69, 9.17) is 21.1 Å². The Kier molecular flexibility index (Phi) is 5.23. The van der Waals surface area contributed by atoms with Crippen molar-refractivity contribution in [3.8, 4) is 0 Å². The van der Waals surface area contributed by atoms with Gasteiger partial charge in [0, 0.05) is 55.6 Å². The van der Waals surface area contributed by atoms with Crippen molar-refractivity contribution >= 4 is 23.2 Å². The van der Waals surface area contributed by atoms with Gasteiger partial charge in [0.25, 0.3) is 5.78 Å². The molecule has 7 nitrogen and oxygen atoms in total. The number of hydrogen-bond acceptors (Lipinski definition) is 6. The summed E-state index contributed by atoms with van der Waals surface area (Å²) in [4.78, 5) is 10.3. The summed E-state index contributed by atoms with van der Waals surface area (Å²) in [5, 5.41) is 4.29. The van der Waals surface area contributed by atoms with E-state index in [-0.39, 0.29) is 22.9 Å². The zero-order chi connectivity index (χ0) is 21.6. The number of nitrogens with zero attached hydrogens (tertiary/aromatic N) is 5. The first-order chi connectivity index (χ1) is 15.0. The Morgan fingerprint density at radius 2 is 1.71 bits per heavy atom. The number of piperidine rings is 1. The van der Waals surface area contributed by atoms with E-state index >= 15 is 0 Å². The molecule has 2 aliphatic rings. The van der Waals surface area contributed by atoms with Gasteiger partial charge in [-0.25, -0.2) is 13.2 Å². The van der Waals surface area contributed by atoms with Gasteiger partial charge in [-0.1, -0.05) is 11.6 Å². The van der Waals surface area contributed by atoms with Gasteiger partial charge in [-0.3, -0.25) is 0 Å². The van der Waals surface area contributed by atoms with Gasteiger partial charge in [0.1, 0.15) is 34.7 Å². The van der Waals surface area contributed by atoms with Crippen molar-refractivity contribution in [2.24, 2.45) is 0 Å². The zero-order valence-electron chi connectivity index (χ0n) is 16.5. The fourth-order valence-electron chi connectivity index (χ4n) is 4.20. The first-order valence-corrected chi connectivity index (χ1v) is 10.4. The predicted octanol–water partition coefficient (Wildman–Crippen LogP) is 3.52. The maximum atomic E-state index is 14.4. The highest BCUT2D eigenvalue weighted by atomic mass is 35.5. The second-order valence-electron chi connectivity index (χ2n) is 7.65. The minimum absolute atomic E-state index is 0.0593. The van der Waals surface area contributed by atoms with Crippen molar-refractivity contribution in [1.29, 1.82) is 0 Å². The molecule has 1 aromatic carbocycles. The van der Waals surface area contributed by atoms with Gasteiger partial charge in [-0.05, 0) is 6.42 Å². The number of benzene rings is 1. The maximum Gasteiger partial charge on any atom is 0.255 e. The van der Waals surface area contributed by atoms with E-state index in [1.165, 1.54) is 10.8 Å². The van der Waals surface area contributed by atoms with Crippen LogP contribution in [0.1, 0.15) is 30.4 Å². The van der Waals surface area contributed by atoms with Crippen LogP contribution in [0, 0.1) is 17.5 Å². The number of aromatic nitrogens is 4. The van der Waals surface area contributed by atoms with E-state index in [0.29, 0.717) is 62.7 Å². The van der Waals surface area contributed by atoms with E-state index in [1.54, 1.807) is 0 Å². The summed E-state index contributed by atoms with van der Waals surface area (Å²) in [6.07, 6.45) is 3.21. The maximum absolute atomic E-state index is 14.4. The molecule has 0 bridgehead atoms. The summed E-state index contributed by atoms with van der Waals surface area (Å²) in [6, 6.07) is 1.30. The normalized spacial score (nSPS) is 18.8. The lowest BCUT2D eigenvalue weighted by atomic mass is 10.0. The van der Waals surface area contributed by atoms with Crippen molar-refractivity contribution in [2.45, 2.75) is 31.5 Å². The van der Waals surface area contributed by atoms with Gasteiger partial charge in [0.2, 0.25) is 0 Å². The van der Waals surface area contributed by atoms with Crippen LogP contribution in [-0.2, 0) is 15.9 Å². The third kappa shape index (κ3) is 3.72. The summed E-state index contributed by atoms with van der Waals surface area (Å²) in [6.45, 7) is 2.42. The van der Waals surface area contributed by atoms with Gasteiger partial charge >= 0.3 is 0 Å². The average Bonchev–Trinajstić information content (AvgIpc) is 3.20. The summed E-state index contributed by atoms with van der Waals surface area (Å²) in [5.74, 6) is -2.75. The summed E-state index contributed by atoms with van der Waals surface area (Å²) >= 11 is 6.43. The molecule has 0 radical (unpaired) electrons. The standard InChI is InChI=1S/C20H19ClF3N5O2/c21-17-14(10-13-15(23)8-12(22)9-16(13)24)18(29-19(27-17)25-11-26-29)28-4-2-20(3-5-28)30-6-1-7-31-20/h8-9,11H,1-7,10H2. The van der Waals surface area contributed by atoms with Gasteiger partial charge in [0.05, 0.1) is 13.2 Å². The Bertz CT molecular complexity index is 1100. The molecule has 31 heavy (non-hydrogen) atoms. The molecule has 2 aromatic heterocycles. The second-order valence-corrected chi connectivity index (χ2v) is 8.01. The van der Waals surface area contributed by atoms with Crippen molar-refractivity contribution in [3.05, 3.63) is 52.2 Å². The Balaban J connectivity index is 1.54. The van der Waals surface area contributed by atoms with E-state index < -0.39 is 23.2 Å². The van der Waals surface area contributed by atoms with Crippen LogP contribution >= 0.6 is 11.6 Å². The van der Waals surface area contributed by atoms with Crippen molar-refractivity contribution in [2.75, 3.05) is 31.2 Å². The molecule has 0 saturated carbocycles. The zero-order valence-corrected chi connectivity index (χ0v) is 17.2. The van der Waals surface area contributed by atoms with Gasteiger partial charge in [0.15, 0.2) is 5.79 Å². The Hall–Kier alpha value is -2.43. The van der Waals surface area contributed by atoms with Gasteiger partial charge in [-0.15, -0.1) is 0 Å². The SMILES string of the molecule is Fc1cc(F)c(Cc2c(Cl)nc3ncnn3c2N2CCC3(CC2)OCCCO3)c(F)c1. The van der Waals surface area contributed by atoms with E-state index in [9.17, 15) is 13.2 Å². The molecule has 0 amide bonds. The Labute approximate surface area is 180 Å². The topological polar surface area (TPSA) is 64.8 Å². The van der Waals surface area contributed by atoms with E-state index in [1.807, 2.05) is 4.90 Å². The molecule has 2 fully saturated rings. The molecule has 2 aliphatic heterocycles. The minimum Gasteiger partial charge on any atom is -0.356 e. The highest BCUT2D eigenvalue weighted by Gasteiger charge is 2.39. The third-order valence-corrected chi connectivity index (χ3v) is 6.06. The number of anilines is 1. The largest absolute Gasteiger partial charge is 0.356 e. The van der Waals surface area contributed by atoms with Crippen molar-refractivity contribution < 1.29 is 22.6 Å². The molecule has 0 atom stereocenters. The van der Waals surface area contributed by atoms with Crippen molar-refractivity contribution in [1.82, 2.24) is 19.6 Å². The third-order valence-electron chi connectivity index (χ3n) is 5.75. The summed E-state index contributed by atoms with van der Waals surface area (Å²) < 4.78 is 55.4. The average molecular weight is 454 g/mol. The highest BCUT2D eigenvalue weighted by Crippen LogP contribution is 2.36. The fourth-order valence-corrected chi connectivity index (χ4v) is 4.42. The number of ether oxygens (including phenoxy) is 2. The molecule has 3 aromatic rings. The van der Waals surface area contributed by atoms with Crippen LogP contribution < -0.4 is 4.90 Å². The molecule has 5 rings (SSSR count). The monoisotopic (exact) mass is 453 g/mol. The number of fused-ring (bicyclic) bond motifs is 1. The van der Waals surface area contributed by atoms with Gasteiger partial charge < -0.3 is 14.4 Å². The number of hydrogen-bond donors (Lipinski definition) is 0. The molecule has 0 aliphatic carbocycles.